The van der Waals surface area contributed by atoms with Gasteiger partial charge in [0, 0.05) is 11.3 Å². The lowest BCUT2D eigenvalue weighted by atomic mass is 10.1. The van der Waals surface area contributed by atoms with Crippen molar-refractivity contribution in [2.75, 3.05) is 0 Å². The molecule has 100 valence electrons. The minimum Gasteiger partial charge on any atom is -0.464 e. The van der Waals surface area contributed by atoms with E-state index >= 15 is 0 Å². The zero-order valence-electron chi connectivity index (χ0n) is 10.7. The van der Waals surface area contributed by atoms with Crippen molar-refractivity contribution in [2.45, 2.75) is 19.3 Å². The number of aromatic nitrogens is 2. The number of Topliss-reactive ketones (excluding diaryl/α,β-unsaturated/α-hetero) is 1. The van der Waals surface area contributed by atoms with Gasteiger partial charge in [0.15, 0.2) is 0 Å². The van der Waals surface area contributed by atoms with E-state index in [1.54, 1.807) is 6.26 Å². The van der Waals surface area contributed by atoms with Crippen molar-refractivity contribution in [3.8, 4) is 11.4 Å². The van der Waals surface area contributed by atoms with Crippen molar-refractivity contribution < 1.29 is 13.7 Å². The fourth-order valence-electron chi connectivity index (χ4n) is 2.29. The van der Waals surface area contributed by atoms with Crippen molar-refractivity contribution >= 4 is 16.8 Å². The normalized spacial score (nSPS) is 14.8. The Labute approximate surface area is 114 Å². The smallest absolute Gasteiger partial charge is 0.234 e. The maximum Gasteiger partial charge on any atom is 0.234 e. The molecule has 3 aromatic rings. The van der Waals surface area contributed by atoms with E-state index in [0.717, 1.165) is 29.4 Å². The van der Waals surface area contributed by atoms with Gasteiger partial charge in [-0.2, -0.15) is 4.98 Å². The fourth-order valence-corrected chi connectivity index (χ4v) is 2.29. The van der Waals surface area contributed by atoms with E-state index in [1.165, 1.54) is 0 Å². The van der Waals surface area contributed by atoms with E-state index < -0.39 is 0 Å². The standard InChI is InChI=1S/C15H12N2O3/c18-12(9-5-6-9)7-14-16-15(17-20-14)11-8-19-13-4-2-1-3-10(11)13/h1-4,8-9H,5-7H2. The third-order valence-electron chi connectivity index (χ3n) is 3.55. The van der Waals surface area contributed by atoms with Crippen LogP contribution in [0, 0.1) is 5.92 Å². The maximum absolute atomic E-state index is 11.7. The Bertz CT molecular complexity index is 783. The summed E-state index contributed by atoms with van der Waals surface area (Å²) >= 11 is 0. The summed E-state index contributed by atoms with van der Waals surface area (Å²) in [6.07, 6.45) is 3.83. The molecule has 0 unspecified atom stereocenters. The summed E-state index contributed by atoms with van der Waals surface area (Å²) in [7, 11) is 0. The van der Waals surface area contributed by atoms with Crippen molar-refractivity contribution in [3.05, 3.63) is 36.4 Å². The molecule has 1 saturated carbocycles. The van der Waals surface area contributed by atoms with Gasteiger partial charge in [-0.25, -0.2) is 0 Å². The monoisotopic (exact) mass is 268 g/mol. The van der Waals surface area contributed by atoms with Gasteiger partial charge in [0.25, 0.3) is 0 Å². The van der Waals surface area contributed by atoms with Crippen molar-refractivity contribution in [2.24, 2.45) is 5.92 Å². The molecule has 1 aliphatic rings. The molecule has 1 fully saturated rings. The van der Waals surface area contributed by atoms with Gasteiger partial charge in [0.2, 0.25) is 11.7 Å². The molecule has 0 bridgehead atoms. The molecule has 0 radical (unpaired) electrons. The Morgan fingerprint density at radius 3 is 3.00 bits per heavy atom. The highest BCUT2D eigenvalue weighted by Gasteiger charge is 2.30. The summed E-state index contributed by atoms with van der Waals surface area (Å²) in [6, 6.07) is 7.67. The highest BCUT2D eigenvalue weighted by Crippen LogP contribution is 2.31. The molecule has 2 aromatic heterocycles. The van der Waals surface area contributed by atoms with Crippen molar-refractivity contribution in [1.29, 1.82) is 0 Å². The molecule has 1 aliphatic carbocycles. The van der Waals surface area contributed by atoms with Crippen LogP contribution in [0.25, 0.3) is 22.4 Å². The van der Waals surface area contributed by atoms with Crippen molar-refractivity contribution in [1.82, 2.24) is 10.1 Å². The van der Waals surface area contributed by atoms with Gasteiger partial charge in [-0.3, -0.25) is 4.79 Å². The van der Waals surface area contributed by atoms with Crippen LogP contribution in [0.3, 0.4) is 0 Å². The third kappa shape index (κ3) is 1.91. The average molecular weight is 268 g/mol. The minimum atomic E-state index is 0.192. The fraction of sp³-hybridized carbons (Fsp3) is 0.267. The summed E-state index contributed by atoms with van der Waals surface area (Å²) in [5, 5.41) is 4.88. The Hall–Kier alpha value is -2.43. The molecule has 1 aromatic carbocycles. The number of carbonyl (C=O) groups excluding carboxylic acids is 1. The number of benzene rings is 1. The predicted molar refractivity (Wildman–Crippen MR) is 70.9 cm³/mol. The topological polar surface area (TPSA) is 69.1 Å². The van der Waals surface area contributed by atoms with Gasteiger partial charge in [-0.15, -0.1) is 0 Å². The molecule has 5 heteroatoms. The first-order valence-corrected chi connectivity index (χ1v) is 6.63. The number of fused-ring (bicyclic) bond motifs is 1. The number of hydrogen-bond donors (Lipinski definition) is 0. The first-order valence-electron chi connectivity index (χ1n) is 6.63. The Balaban J connectivity index is 1.65. The van der Waals surface area contributed by atoms with Gasteiger partial charge in [-0.1, -0.05) is 23.4 Å². The Morgan fingerprint density at radius 2 is 2.15 bits per heavy atom. The number of nitrogens with zero attached hydrogens (tertiary/aromatic N) is 2. The van der Waals surface area contributed by atoms with Crippen molar-refractivity contribution in [3.63, 3.8) is 0 Å². The lowest BCUT2D eigenvalue weighted by molar-refractivity contribution is -0.119. The first kappa shape index (κ1) is 11.4. The molecule has 0 saturated heterocycles. The second kappa shape index (κ2) is 4.30. The zero-order chi connectivity index (χ0) is 13.5. The quantitative estimate of drug-likeness (QED) is 0.727. The summed E-state index contributed by atoms with van der Waals surface area (Å²) in [4.78, 5) is 16.0. The second-order valence-corrected chi connectivity index (χ2v) is 5.07. The number of hydrogen-bond acceptors (Lipinski definition) is 5. The molecule has 20 heavy (non-hydrogen) atoms. The van der Waals surface area contributed by atoms with E-state index in [9.17, 15) is 4.79 Å². The lowest BCUT2D eigenvalue weighted by Gasteiger charge is -1.91. The van der Waals surface area contributed by atoms with E-state index in [-0.39, 0.29) is 18.1 Å². The molecule has 0 atom stereocenters. The van der Waals surface area contributed by atoms with E-state index in [0.29, 0.717) is 11.7 Å². The van der Waals surface area contributed by atoms with Gasteiger partial charge in [0.05, 0.1) is 12.0 Å². The molecule has 0 aliphatic heterocycles. The van der Waals surface area contributed by atoms with Crippen LogP contribution < -0.4 is 0 Å². The van der Waals surface area contributed by atoms with Gasteiger partial charge in [0.1, 0.15) is 17.6 Å². The Kier molecular flexibility index (Phi) is 2.45. The summed E-state index contributed by atoms with van der Waals surface area (Å²) < 4.78 is 10.6. The van der Waals surface area contributed by atoms with Crippen LogP contribution in [0.4, 0.5) is 0 Å². The number of carbonyl (C=O) groups is 1. The first-order chi connectivity index (χ1) is 9.81. The summed E-state index contributed by atoms with van der Waals surface area (Å²) in [5.74, 6) is 1.24. The van der Waals surface area contributed by atoms with Crippen LogP contribution in [-0.4, -0.2) is 15.9 Å². The zero-order valence-corrected chi connectivity index (χ0v) is 10.7. The Morgan fingerprint density at radius 1 is 1.30 bits per heavy atom. The van der Waals surface area contributed by atoms with Crippen LogP contribution >= 0.6 is 0 Å². The van der Waals surface area contributed by atoms with Crippen LogP contribution in [0.5, 0.6) is 0 Å². The SMILES string of the molecule is O=C(Cc1nc(-c2coc3ccccc23)no1)C1CC1. The second-order valence-electron chi connectivity index (χ2n) is 5.07. The highest BCUT2D eigenvalue weighted by atomic mass is 16.5. The number of ketones is 1. The molecule has 4 rings (SSSR count). The molecule has 0 amide bonds. The molecule has 2 heterocycles. The van der Waals surface area contributed by atoms with Gasteiger partial charge < -0.3 is 8.94 Å². The summed E-state index contributed by atoms with van der Waals surface area (Å²) in [5.41, 5.74) is 1.57. The molecular formula is C15H12N2O3. The van der Waals surface area contributed by atoms with Crippen LogP contribution in [0.15, 0.2) is 39.5 Å². The van der Waals surface area contributed by atoms with E-state index in [2.05, 4.69) is 10.1 Å². The lowest BCUT2D eigenvalue weighted by Crippen LogP contribution is -2.04. The molecular weight excluding hydrogens is 256 g/mol. The molecule has 5 nitrogen and oxygen atoms in total. The van der Waals surface area contributed by atoms with Gasteiger partial charge in [-0.05, 0) is 18.9 Å². The highest BCUT2D eigenvalue weighted by molar-refractivity contribution is 5.92. The minimum absolute atomic E-state index is 0.192. The largest absolute Gasteiger partial charge is 0.464 e. The predicted octanol–water partition coefficient (Wildman–Crippen LogP) is 3.00. The van der Waals surface area contributed by atoms with Crippen LogP contribution in [0.1, 0.15) is 18.7 Å². The molecule has 0 spiro atoms. The van der Waals surface area contributed by atoms with Crippen LogP contribution in [0.2, 0.25) is 0 Å². The summed E-state index contributed by atoms with van der Waals surface area (Å²) in [6.45, 7) is 0. The third-order valence-corrected chi connectivity index (χ3v) is 3.55. The number of furan rings is 1. The van der Waals surface area contributed by atoms with Gasteiger partial charge >= 0.3 is 0 Å². The maximum atomic E-state index is 11.7. The molecule has 0 N–H and O–H groups in total. The van der Waals surface area contributed by atoms with E-state index in [4.69, 9.17) is 8.94 Å². The average Bonchev–Trinajstić information content (AvgIpc) is 3.08. The van der Waals surface area contributed by atoms with Crippen LogP contribution in [-0.2, 0) is 11.2 Å². The van der Waals surface area contributed by atoms with E-state index in [1.807, 2.05) is 24.3 Å². The number of para-hydroxylation sites is 1. The number of rotatable bonds is 4.